The van der Waals surface area contributed by atoms with Gasteiger partial charge in [-0.2, -0.15) is 0 Å². The van der Waals surface area contributed by atoms with Crippen LogP contribution in [0.2, 0.25) is 0 Å². The van der Waals surface area contributed by atoms with Crippen LogP contribution < -0.4 is 10.2 Å². The van der Waals surface area contributed by atoms with Crippen molar-refractivity contribution in [3.05, 3.63) is 35.0 Å². The molecule has 10 heteroatoms. The summed E-state index contributed by atoms with van der Waals surface area (Å²) in [6.07, 6.45) is 8.35. The Bertz CT molecular complexity index is 1220. The maximum Gasteiger partial charge on any atom is 0.263 e. The first kappa shape index (κ1) is 25.8. The topological polar surface area (TPSA) is 86.7 Å². The van der Waals surface area contributed by atoms with E-state index < -0.39 is 0 Å². The fourth-order valence-electron chi connectivity index (χ4n) is 5.58. The molecule has 0 radical (unpaired) electrons. The molecule has 3 aromatic heterocycles. The van der Waals surface area contributed by atoms with Gasteiger partial charge in [-0.1, -0.05) is 19.8 Å². The Morgan fingerprint density at radius 2 is 2.00 bits per heavy atom. The van der Waals surface area contributed by atoms with Crippen molar-refractivity contribution < 1.29 is 9.53 Å². The van der Waals surface area contributed by atoms with Gasteiger partial charge in [0.2, 0.25) is 5.95 Å². The van der Waals surface area contributed by atoms with Gasteiger partial charge in [-0.05, 0) is 37.4 Å². The number of carbonyl (C=O) groups is 1. The van der Waals surface area contributed by atoms with Gasteiger partial charge in [0.1, 0.15) is 5.82 Å². The average molecular weight is 524 g/mol. The number of thiophene rings is 1. The second kappa shape index (κ2) is 11.3. The Hall–Kier alpha value is -2.82. The lowest BCUT2D eigenvalue weighted by atomic mass is 9.96. The Morgan fingerprint density at radius 1 is 1.19 bits per heavy atom. The molecule has 1 unspecified atom stereocenters. The van der Waals surface area contributed by atoms with Crippen LogP contribution in [-0.2, 0) is 4.74 Å². The van der Waals surface area contributed by atoms with Crippen LogP contribution in [0.1, 0.15) is 53.8 Å². The van der Waals surface area contributed by atoms with Crippen molar-refractivity contribution in [2.24, 2.45) is 0 Å². The highest BCUT2D eigenvalue weighted by molar-refractivity contribution is 7.21. The zero-order valence-electron chi connectivity index (χ0n) is 22.2. The molecule has 2 fully saturated rings. The number of ether oxygens (including phenoxy) is 1. The summed E-state index contributed by atoms with van der Waals surface area (Å²) in [5.74, 6) is 1.63. The van der Waals surface area contributed by atoms with Crippen LogP contribution in [0.4, 0.5) is 17.5 Å². The highest BCUT2D eigenvalue weighted by atomic mass is 32.1. The fraction of sp³-hybridized carbons (Fsp3) is 0.556. The number of methoxy groups -OCH3 is 1. The van der Waals surface area contributed by atoms with Crippen molar-refractivity contribution in [1.82, 2.24) is 24.8 Å². The molecular formula is C27H37N7O2S. The molecule has 0 aromatic carbocycles. The number of nitrogens with one attached hydrogen (secondary N) is 1. The molecular weight excluding hydrogens is 486 g/mol. The molecule has 9 nitrogen and oxygen atoms in total. The quantitative estimate of drug-likeness (QED) is 0.467. The lowest BCUT2D eigenvalue weighted by molar-refractivity contribution is 0.0831. The summed E-state index contributed by atoms with van der Waals surface area (Å²) in [5.41, 5.74) is 3.10. The van der Waals surface area contributed by atoms with Gasteiger partial charge in [-0.3, -0.25) is 9.69 Å². The van der Waals surface area contributed by atoms with Crippen molar-refractivity contribution >= 4 is 44.9 Å². The molecule has 1 saturated carbocycles. The summed E-state index contributed by atoms with van der Waals surface area (Å²) in [5, 5.41) is 3.28. The van der Waals surface area contributed by atoms with Crippen molar-refractivity contribution in [3.8, 4) is 0 Å². The van der Waals surface area contributed by atoms with Gasteiger partial charge in [-0.15, -0.1) is 11.3 Å². The van der Waals surface area contributed by atoms with Crippen LogP contribution in [0.5, 0.6) is 0 Å². The van der Waals surface area contributed by atoms with E-state index in [9.17, 15) is 4.79 Å². The summed E-state index contributed by atoms with van der Waals surface area (Å²) >= 11 is 1.51. The minimum absolute atomic E-state index is 0.0455. The molecule has 198 valence electrons. The highest BCUT2D eigenvalue weighted by Crippen LogP contribution is 2.43. The van der Waals surface area contributed by atoms with E-state index in [4.69, 9.17) is 9.72 Å². The summed E-state index contributed by atoms with van der Waals surface area (Å²) < 4.78 is 6.41. The fourth-order valence-corrected chi connectivity index (χ4v) is 6.80. The second-order valence-electron chi connectivity index (χ2n) is 10.1. The monoisotopic (exact) mass is 523 g/mol. The molecule has 4 heterocycles. The summed E-state index contributed by atoms with van der Waals surface area (Å²) in [6, 6.07) is 4.46. The number of amides is 1. The van der Waals surface area contributed by atoms with Gasteiger partial charge in [0.15, 0.2) is 0 Å². The zero-order valence-corrected chi connectivity index (χ0v) is 23.1. The zero-order chi connectivity index (χ0) is 25.9. The first-order chi connectivity index (χ1) is 18.0. The van der Waals surface area contributed by atoms with Crippen LogP contribution in [0.3, 0.4) is 0 Å². The van der Waals surface area contributed by atoms with E-state index in [1.165, 1.54) is 24.2 Å². The van der Waals surface area contributed by atoms with E-state index in [1.54, 1.807) is 26.1 Å². The van der Waals surface area contributed by atoms with Gasteiger partial charge >= 0.3 is 0 Å². The number of nitrogens with zero attached hydrogens (tertiary/aromatic N) is 6. The predicted molar refractivity (Wildman–Crippen MR) is 149 cm³/mol. The molecule has 37 heavy (non-hydrogen) atoms. The van der Waals surface area contributed by atoms with E-state index in [1.807, 2.05) is 18.5 Å². The molecule has 1 saturated heterocycles. The smallest absolute Gasteiger partial charge is 0.263 e. The van der Waals surface area contributed by atoms with Crippen molar-refractivity contribution in [2.45, 2.75) is 44.6 Å². The first-order valence-electron chi connectivity index (χ1n) is 13.2. The van der Waals surface area contributed by atoms with Crippen LogP contribution in [-0.4, -0.2) is 90.7 Å². The van der Waals surface area contributed by atoms with Gasteiger partial charge < -0.3 is 19.9 Å². The lowest BCUT2D eigenvalue weighted by Gasteiger charge is -2.41. The van der Waals surface area contributed by atoms with Crippen molar-refractivity contribution in [1.29, 1.82) is 0 Å². The normalized spacial score (nSPS) is 19.0. The molecule has 1 aliphatic carbocycles. The van der Waals surface area contributed by atoms with Crippen LogP contribution in [0.25, 0.3) is 10.2 Å². The van der Waals surface area contributed by atoms with Crippen LogP contribution in [0, 0.1) is 0 Å². The lowest BCUT2D eigenvalue weighted by Crippen LogP contribution is -2.54. The maximum absolute atomic E-state index is 13.0. The van der Waals surface area contributed by atoms with Gasteiger partial charge in [-0.25, -0.2) is 15.0 Å². The molecule has 1 aliphatic heterocycles. The van der Waals surface area contributed by atoms with Crippen LogP contribution in [0.15, 0.2) is 24.5 Å². The SMILES string of the molecule is CCN1CCN(c2ccc(Nc3ncc4sc(C(=O)N(C)C)c(C5CCCC5)c4n3)nc2)CC1COC. The molecule has 5 rings (SSSR count). The third kappa shape index (κ3) is 5.42. The largest absolute Gasteiger partial charge is 0.383 e. The molecule has 1 N–H and O–H groups in total. The molecule has 0 bridgehead atoms. The Labute approximate surface area is 222 Å². The Morgan fingerprint density at radius 3 is 2.68 bits per heavy atom. The highest BCUT2D eigenvalue weighted by Gasteiger charge is 2.29. The van der Waals surface area contributed by atoms with Gasteiger partial charge in [0.05, 0.1) is 45.8 Å². The van der Waals surface area contributed by atoms with Crippen molar-refractivity contribution in [3.63, 3.8) is 0 Å². The van der Waals surface area contributed by atoms with Gasteiger partial charge in [0, 0.05) is 46.4 Å². The Balaban J connectivity index is 1.36. The maximum atomic E-state index is 13.0. The number of aromatic nitrogens is 3. The molecule has 1 amide bonds. The molecule has 2 aliphatic rings. The molecule has 3 aromatic rings. The molecule has 0 spiro atoms. The third-order valence-corrected chi connectivity index (χ3v) is 8.67. The van der Waals surface area contributed by atoms with Crippen molar-refractivity contribution in [2.75, 3.05) is 64.2 Å². The summed E-state index contributed by atoms with van der Waals surface area (Å²) in [7, 11) is 5.38. The number of likely N-dealkylation sites (N-methyl/N-ethyl adjacent to an activating group) is 1. The number of piperazine rings is 1. The number of hydrogen-bond donors (Lipinski definition) is 1. The van der Waals surface area contributed by atoms with E-state index in [-0.39, 0.29) is 5.91 Å². The van der Waals surface area contributed by atoms with Gasteiger partial charge in [0.25, 0.3) is 5.91 Å². The summed E-state index contributed by atoms with van der Waals surface area (Å²) in [4.78, 5) is 34.4. The predicted octanol–water partition coefficient (Wildman–Crippen LogP) is 4.35. The molecule has 1 atom stereocenters. The first-order valence-corrected chi connectivity index (χ1v) is 14.0. The minimum Gasteiger partial charge on any atom is -0.383 e. The second-order valence-corrected chi connectivity index (χ2v) is 11.2. The van der Waals surface area contributed by atoms with E-state index in [0.717, 1.165) is 72.0 Å². The Kier molecular flexibility index (Phi) is 7.87. The van der Waals surface area contributed by atoms with Crippen LogP contribution >= 0.6 is 11.3 Å². The minimum atomic E-state index is 0.0455. The number of fused-ring (bicyclic) bond motifs is 1. The number of anilines is 3. The average Bonchev–Trinajstić information content (AvgIpc) is 3.56. The van der Waals surface area contributed by atoms with E-state index >= 15 is 0 Å². The standard InChI is InChI=1S/C27H37N7O2S/c1-5-33-12-13-34(16-20(33)17-36-4)19-10-11-22(28-14-19)30-27-29-15-21-24(31-27)23(18-8-6-7-9-18)25(37-21)26(35)32(2)3/h10-11,14-15,18,20H,5-9,12-13,16-17H2,1-4H3,(H,28,29,30,31). The number of carbonyl (C=O) groups excluding carboxylic acids is 1. The number of pyridine rings is 1. The number of hydrogen-bond acceptors (Lipinski definition) is 9. The van der Waals surface area contributed by atoms with E-state index in [0.29, 0.717) is 23.7 Å². The summed E-state index contributed by atoms with van der Waals surface area (Å²) in [6.45, 7) is 6.87. The van der Waals surface area contributed by atoms with E-state index in [2.05, 4.69) is 38.1 Å². The third-order valence-electron chi connectivity index (χ3n) is 7.55. The number of rotatable bonds is 8.